The fourth-order valence-electron chi connectivity index (χ4n) is 3.82. The van der Waals surface area contributed by atoms with Crippen molar-refractivity contribution in [3.8, 4) is 5.75 Å². The number of carboxylic acid groups (broad SMARTS) is 1. The van der Waals surface area contributed by atoms with Crippen molar-refractivity contribution < 1.29 is 14.6 Å². The maximum Gasteiger partial charge on any atom is 0.307 e. The molecule has 1 fully saturated rings. The van der Waals surface area contributed by atoms with Crippen molar-refractivity contribution in [3.63, 3.8) is 0 Å². The van der Waals surface area contributed by atoms with E-state index in [1.54, 1.807) is 7.11 Å². The third-order valence-electron chi connectivity index (χ3n) is 5.14. The van der Waals surface area contributed by atoms with E-state index >= 15 is 0 Å². The van der Waals surface area contributed by atoms with Crippen LogP contribution in [0, 0.1) is 12.8 Å². The summed E-state index contributed by atoms with van der Waals surface area (Å²) in [5.74, 6) is -0.216. The highest BCUT2D eigenvalue weighted by Crippen LogP contribution is 2.39. The molecule has 4 nitrogen and oxygen atoms in total. The molecule has 2 unspecified atom stereocenters. The van der Waals surface area contributed by atoms with E-state index < -0.39 is 5.97 Å². The van der Waals surface area contributed by atoms with Gasteiger partial charge >= 0.3 is 5.97 Å². The summed E-state index contributed by atoms with van der Waals surface area (Å²) in [5.41, 5.74) is 3.44. The Balaban J connectivity index is 2.10. The molecule has 2 aromatic carbocycles. The predicted molar refractivity (Wildman–Crippen MR) is 106 cm³/mol. The van der Waals surface area contributed by atoms with Crippen LogP contribution >= 0.6 is 15.9 Å². The number of benzene rings is 2. The highest BCUT2D eigenvalue weighted by molar-refractivity contribution is 9.10. The number of piperidine rings is 1. The summed E-state index contributed by atoms with van der Waals surface area (Å²) in [6.45, 7) is 3.52. The topological polar surface area (TPSA) is 49.8 Å². The summed E-state index contributed by atoms with van der Waals surface area (Å²) >= 11 is 3.58. The molecule has 1 saturated heterocycles. The summed E-state index contributed by atoms with van der Waals surface area (Å²) in [5, 5.41) is 9.52. The Morgan fingerprint density at radius 3 is 2.73 bits per heavy atom. The maximum absolute atomic E-state index is 11.6. The van der Waals surface area contributed by atoms with Crippen molar-refractivity contribution in [2.75, 3.05) is 20.2 Å². The van der Waals surface area contributed by atoms with Gasteiger partial charge in [0.1, 0.15) is 5.75 Å². The molecule has 0 radical (unpaired) electrons. The Bertz CT molecular complexity index is 793. The molecule has 1 aliphatic heterocycles. The van der Waals surface area contributed by atoms with Crippen LogP contribution in [0.15, 0.2) is 46.9 Å². The van der Waals surface area contributed by atoms with Gasteiger partial charge in [-0.25, -0.2) is 0 Å². The van der Waals surface area contributed by atoms with Crippen LogP contribution in [0.4, 0.5) is 0 Å². The molecule has 1 aliphatic rings. The lowest BCUT2D eigenvalue weighted by Crippen LogP contribution is -2.41. The Labute approximate surface area is 162 Å². The van der Waals surface area contributed by atoms with E-state index in [1.807, 2.05) is 24.3 Å². The molecule has 0 aromatic heterocycles. The minimum absolute atomic E-state index is 0.0363. The molecule has 0 bridgehead atoms. The van der Waals surface area contributed by atoms with Gasteiger partial charge in [-0.3, -0.25) is 9.69 Å². The number of nitrogens with zero attached hydrogens (tertiary/aromatic N) is 1. The fourth-order valence-corrected chi connectivity index (χ4v) is 4.19. The van der Waals surface area contributed by atoms with Crippen LogP contribution in [0.3, 0.4) is 0 Å². The summed E-state index contributed by atoms with van der Waals surface area (Å²) in [6.07, 6.45) is 1.62. The molecule has 5 heteroatoms. The van der Waals surface area contributed by atoms with Gasteiger partial charge in [-0.2, -0.15) is 0 Å². The van der Waals surface area contributed by atoms with Gasteiger partial charge in [-0.15, -0.1) is 0 Å². The van der Waals surface area contributed by atoms with Crippen LogP contribution in [0.1, 0.15) is 35.6 Å². The van der Waals surface area contributed by atoms with E-state index in [9.17, 15) is 9.90 Å². The normalized spacial score (nSPS) is 19.1. The number of halogens is 1. The number of rotatable bonds is 5. The zero-order valence-corrected chi connectivity index (χ0v) is 16.7. The standard InChI is InChI=1S/C21H24BrNO3/c1-14-6-3-4-8-17(14)20(18-12-16(22)9-10-19(18)26-2)23-11-5-7-15(13-23)21(24)25/h3-4,6,8-10,12,15,20H,5,7,11,13H2,1-2H3,(H,24,25). The first-order chi connectivity index (χ1) is 12.5. The highest BCUT2D eigenvalue weighted by Gasteiger charge is 2.33. The number of methoxy groups -OCH3 is 1. The van der Waals surface area contributed by atoms with Crippen LogP contribution in [0.25, 0.3) is 0 Å². The predicted octanol–water partition coefficient (Wildman–Crippen LogP) is 4.65. The zero-order valence-electron chi connectivity index (χ0n) is 15.1. The van der Waals surface area contributed by atoms with Gasteiger partial charge in [-0.05, 0) is 55.6 Å². The number of hydrogen-bond acceptors (Lipinski definition) is 3. The average Bonchev–Trinajstić information content (AvgIpc) is 2.64. The summed E-state index contributed by atoms with van der Waals surface area (Å²) in [4.78, 5) is 13.9. The van der Waals surface area contributed by atoms with Crippen LogP contribution in [0.5, 0.6) is 5.75 Å². The molecule has 1 N–H and O–H groups in total. The van der Waals surface area contributed by atoms with E-state index in [1.165, 1.54) is 11.1 Å². The van der Waals surface area contributed by atoms with Crippen molar-refractivity contribution in [2.24, 2.45) is 5.92 Å². The molecular weight excluding hydrogens is 394 g/mol. The SMILES string of the molecule is COc1ccc(Br)cc1C(c1ccccc1C)N1CCCC(C(=O)O)C1. The smallest absolute Gasteiger partial charge is 0.307 e. The summed E-state index contributed by atoms with van der Waals surface area (Å²) in [7, 11) is 1.68. The lowest BCUT2D eigenvalue weighted by atomic mass is 9.89. The molecule has 2 aromatic rings. The molecule has 0 amide bonds. The summed E-state index contributed by atoms with van der Waals surface area (Å²) < 4.78 is 6.63. The quantitative estimate of drug-likeness (QED) is 0.768. The van der Waals surface area contributed by atoms with Crippen molar-refractivity contribution >= 4 is 21.9 Å². The monoisotopic (exact) mass is 417 g/mol. The molecule has 0 saturated carbocycles. The number of likely N-dealkylation sites (tertiary alicyclic amines) is 1. The Kier molecular flexibility index (Phi) is 5.99. The van der Waals surface area contributed by atoms with Crippen LogP contribution in [0.2, 0.25) is 0 Å². The van der Waals surface area contributed by atoms with Gasteiger partial charge in [0.05, 0.1) is 19.1 Å². The first kappa shape index (κ1) is 18.9. The number of carbonyl (C=O) groups is 1. The van der Waals surface area contributed by atoms with Gasteiger partial charge in [0.15, 0.2) is 0 Å². The van der Waals surface area contributed by atoms with Crippen LogP contribution in [-0.2, 0) is 4.79 Å². The van der Waals surface area contributed by atoms with Crippen molar-refractivity contribution in [3.05, 3.63) is 63.6 Å². The van der Waals surface area contributed by atoms with Crippen LogP contribution in [-0.4, -0.2) is 36.2 Å². The van der Waals surface area contributed by atoms with E-state index in [-0.39, 0.29) is 12.0 Å². The molecule has 0 spiro atoms. The first-order valence-electron chi connectivity index (χ1n) is 8.87. The first-order valence-corrected chi connectivity index (χ1v) is 9.66. The third-order valence-corrected chi connectivity index (χ3v) is 5.63. The van der Waals surface area contributed by atoms with E-state index in [0.29, 0.717) is 6.54 Å². The third kappa shape index (κ3) is 3.94. The Morgan fingerprint density at radius 2 is 2.04 bits per heavy atom. The minimum Gasteiger partial charge on any atom is -0.496 e. The number of carboxylic acids is 1. The minimum atomic E-state index is -0.709. The van der Waals surface area contributed by atoms with Crippen LogP contribution < -0.4 is 4.74 Å². The molecule has 3 rings (SSSR count). The molecule has 138 valence electrons. The van der Waals surface area contributed by atoms with Crippen molar-refractivity contribution in [2.45, 2.75) is 25.8 Å². The van der Waals surface area contributed by atoms with E-state index in [2.05, 4.69) is 46.0 Å². The van der Waals surface area contributed by atoms with Gasteiger partial charge in [0.25, 0.3) is 0 Å². The molecule has 1 heterocycles. The second kappa shape index (κ2) is 8.23. The van der Waals surface area contributed by atoms with E-state index in [4.69, 9.17) is 4.74 Å². The van der Waals surface area contributed by atoms with E-state index in [0.717, 1.165) is 35.2 Å². The Morgan fingerprint density at radius 1 is 1.27 bits per heavy atom. The second-order valence-electron chi connectivity index (χ2n) is 6.82. The van der Waals surface area contributed by atoms with Gasteiger partial charge in [0.2, 0.25) is 0 Å². The van der Waals surface area contributed by atoms with Crippen molar-refractivity contribution in [1.82, 2.24) is 4.90 Å². The lowest BCUT2D eigenvalue weighted by Gasteiger charge is -2.38. The van der Waals surface area contributed by atoms with Gasteiger partial charge in [-0.1, -0.05) is 40.2 Å². The maximum atomic E-state index is 11.6. The molecular formula is C21H24BrNO3. The molecule has 2 atom stereocenters. The highest BCUT2D eigenvalue weighted by atomic mass is 79.9. The largest absolute Gasteiger partial charge is 0.496 e. The number of hydrogen-bond donors (Lipinski definition) is 1. The van der Waals surface area contributed by atoms with Gasteiger partial charge < -0.3 is 9.84 Å². The lowest BCUT2D eigenvalue weighted by molar-refractivity contribution is -0.143. The molecule has 26 heavy (non-hydrogen) atoms. The zero-order chi connectivity index (χ0) is 18.7. The number of ether oxygens (including phenoxy) is 1. The fraction of sp³-hybridized carbons (Fsp3) is 0.381. The Hall–Kier alpha value is -1.85. The van der Waals surface area contributed by atoms with Crippen molar-refractivity contribution in [1.29, 1.82) is 0 Å². The second-order valence-corrected chi connectivity index (χ2v) is 7.73. The average molecular weight is 418 g/mol. The molecule has 0 aliphatic carbocycles. The number of aliphatic carboxylic acids is 1. The summed E-state index contributed by atoms with van der Waals surface area (Å²) in [6, 6.07) is 14.3. The number of aryl methyl sites for hydroxylation is 1. The van der Waals surface area contributed by atoms with Gasteiger partial charge in [0, 0.05) is 16.6 Å².